The second-order valence-electron chi connectivity index (χ2n) is 7.43. The Morgan fingerprint density at radius 3 is 2.40 bits per heavy atom. The Hall–Kier alpha value is -3.62. The van der Waals surface area contributed by atoms with Gasteiger partial charge in [0.25, 0.3) is 5.69 Å². The fourth-order valence-electron chi connectivity index (χ4n) is 3.96. The Morgan fingerprint density at radius 1 is 1.07 bits per heavy atom. The van der Waals surface area contributed by atoms with Crippen LogP contribution < -0.4 is 20.4 Å². The molecule has 2 aliphatic heterocycles. The molecule has 2 N–H and O–H groups in total. The molecule has 2 heterocycles. The zero-order chi connectivity index (χ0) is 21.1. The highest BCUT2D eigenvalue weighted by atomic mass is 16.6. The first-order valence-electron chi connectivity index (χ1n) is 9.97. The maximum Gasteiger partial charge on any atom is 0.321 e. The lowest BCUT2D eigenvalue weighted by Gasteiger charge is -2.32. The first-order chi connectivity index (χ1) is 14.5. The van der Waals surface area contributed by atoms with Crippen molar-refractivity contribution in [2.24, 2.45) is 5.92 Å². The molecule has 0 aromatic heterocycles. The van der Waals surface area contributed by atoms with E-state index in [2.05, 4.69) is 10.6 Å². The van der Waals surface area contributed by atoms with Crippen molar-refractivity contribution in [3.05, 3.63) is 58.6 Å². The van der Waals surface area contributed by atoms with Crippen LogP contribution >= 0.6 is 0 Å². The van der Waals surface area contributed by atoms with Crippen molar-refractivity contribution in [3.8, 4) is 0 Å². The molecule has 2 aliphatic rings. The van der Waals surface area contributed by atoms with Crippen molar-refractivity contribution in [2.45, 2.75) is 12.8 Å². The molecule has 4 rings (SSSR count). The zero-order valence-corrected chi connectivity index (χ0v) is 16.4. The molecule has 0 bridgehead atoms. The van der Waals surface area contributed by atoms with E-state index in [9.17, 15) is 19.7 Å². The Balaban J connectivity index is 1.34. The van der Waals surface area contributed by atoms with E-state index < -0.39 is 0 Å². The number of amides is 3. The van der Waals surface area contributed by atoms with Gasteiger partial charge in [0, 0.05) is 49.5 Å². The van der Waals surface area contributed by atoms with Gasteiger partial charge in [-0.1, -0.05) is 12.1 Å². The van der Waals surface area contributed by atoms with E-state index in [0.717, 1.165) is 5.69 Å². The molecule has 0 atom stereocenters. The van der Waals surface area contributed by atoms with E-state index in [1.54, 1.807) is 35.2 Å². The van der Waals surface area contributed by atoms with Gasteiger partial charge in [-0.25, -0.2) is 4.79 Å². The van der Waals surface area contributed by atoms with E-state index in [1.165, 1.54) is 6.07 Å². The fraction of sp³-hybridized carbons (Fsp3) is 0.333. The van der Waals surface area contributed by atoms with E-state index in [4.69, 9.17) is 0 Å². The van der Waals surface area contributed by atoms with Crippen molar-refractivity contribution >= 4 is 34.7 Å². The Bertz CT molecular complexity index is 954. The first-order valence-corrected chi connectivity index (χ1v) is 9.97. The standard InChI is InChI=1S/C21H23N5O4/c27-20(23-16-5-7-17(8-6-16)25-14-11-22-21(25)28)15-9-12-24(13-10-15)18-3-1-2-4-19(18)26(29)30/h1-8,15H,9-14H2,(H,22,28)(H,23,27). The number of nitro groups is 1. The number of hydrogen-bond donors (Lipinski definition) is 2. The van der Waals surface area contributed by atoms with Gasteiger partial charge in [0.1, 0.15) is 5.69 Å². The second-order valence-corrected chi connectivity index (χ2v) is 7.43. The van der Waals surface area contributed by atoms with Crippen molar-refractivity contribution in [2.75, 3.05) is 41.3 Å². The lowest BCUT2D eigenvalue weighted by molar-refractivity contribution is -0.384. The fourth-order valence-corrected chi connectivity index (χ4v) is 3.96. The molecule has 2 saturated heterocycles. The number of piperidine rings is 1. The minimum absolute atomic E-state index is 0.0520. The van der Waals surface area contributed by atoms with E-state index in [0.29, 0.717) is 50.4 Å². The minimum atomic E-state index is -0.371. The molecule has 2 aromatic rings. The molecule has 0 aliphatic carbocycles. The summed E-state index contributed by atoms with van der Waals surface area (Å²) in [7, 11) is 0. The van der Waals surface area contributed by atoms with Gasteiger partial charge in [0.05, 0.1) is 4.92 Å². The predicted octanol–water partition coefficient (Wildman–Crippen LogP) is 2.98. The highest BCUT2D eigenvalue weighted by Gasteiger charge is 2.28. The zero-order valence-electron chi connectivity index (χ0n) is 16.4. The summed E-state index contributed by atoms with van der Waals surface area (Å²) < 4.78 is 0. The lowest BCUT2D eigenvalue weighted by atomic mass is 9.95. The maximum atomic E-state index is 12.7. The molecule has 0 unspecified atom stereocenters. The molecule has 2 aromatic carbocycles. The average Bonchev–Trinajstić information content (AvgIpc) is 3.20. The van der Waals surface area contributed by atoms with Crippen molar-refractivity contribution in [1.29, 1.82) is 0 Å². The molecule has 30 heavy (non-hydrogen) atoms. The molecule has 2 fully saturated rings. The lowest BCUT2D eigenvalue weighted by Crippen LogP contribution is -2.38. The van der Waals surface area contributed by atoms with Crippen LogP contribution in [0, 0.1) is 16.0 Å². The van der Waals surface area contributed by atoms with Gasteiger partial charge in [-0.15, -0.1) is 0 Å². The van der Waals surface area contributed by atoms with Gasteiger partial charge in [0.15, 0.2) is 0 Å². The third-order valence-corrected chi connectivity index (χ3v) is 5.59. The largest absolute Gasteiger partial charge is 0.366 e. The number of benzene rings is 2. The number of carbonyl (C=O) groups is 2. The maximum absolute atomic E-state index is 12.7. The molecule has 0 radical (unpaired) electrons. The summed E-state index contributed by atoms with van der Waals surface area (Å²) in [4.78, 5) is 38.9. The van der Waals surface area contributed by atoms with Crippen molar-refractivity contribution in [3.63, 3.8) is 0 Å². The quantitative estimate of drug-likeness (QED) is 0.583. The number of rotatable bonds is 5. The Labute approximate surface area is 173 Å². The summed E-state index contributed by atoms with van der Waals surface area (Å²) in [5, 5.41) is 17.0. The molecule has 156 valence electrons. The Morgan fingerprint density at radius 2 is 1.77 bits per heavy atom. The average molecular weight is 409 g/mol. The van der Waals surface area contributed by atoms with E-state index in [1.807, 2.05) is 17.0 Å². The van der Waals surface area contributed by atoms with Crippen LogP contribution in [0.1, 0.15) is 12.8 Å². The minimum Gasteiger partial charge on any atom is -0.366 e. The summed E-state index contributed by atoms with van der Waals surface area (Å²) in [5.41, 5.74) is 2.17. The van der Waals surface area contributed by atoms with Gasteiger partial charge in [-0.2, -0.15) is 0 Å². The summed E-state index contributed by atoms with van der Waals surface area (Å²) in [6.07, 6.45) is 1.26. The van der Waals surface area contributed by atoms with Gasteiger partial charge in [-0.3, -0.25) is 19.8 Å². The van der Waals surface area contributed by atoms with Crippen LogP contribution in [-0.4, -0.2) is 43.0 Å². The molecular weight excluding hydrogens is 386 g/mol. The van der Waals surface area contributed by atoms with E-state index in [-0.39, 0.29) is 28.5 Å². The number of anilines is 3. The van der Waals surface area contributed by atoms with Crippen molar-refractivity contribution in [1.82, 2.24) is 5.32 Å². The monoisotopic (exact) mass is 409 g/mol. The number of urea groups is 1. The third-order valence-electron chi connectivity index (χ3n) is 5.59. The third kappa shape index (κ3) is 4.05. The van der Waals surface area contributed by atoms with Crippen LogP contribution in [0.3, 0.4) is 0 Å². The highest BCUT2D eigenvalue weighted by Crippen LogP contribution is 2.31. The molecule has 0 saturated carbocycles. The summed E-state index contributed by atoms with van der Waals surface area (Å²) >= 11 is 0. The van der Waals surface area contributed by atoms with E-state index >= 15 is 0 Å². The first kappa shape index (κ1) is 19.7. The van der Waals surface area contributed by atoms with Crippen molar-refractivity contribution < 1.29 is 14.5 Å². The molecule has 3 amide bonds. The summed E-state index contributed by atoms with van der Waals surface area (Å²) in [6, 6.07) is 13.8. The number of carbonyl (C=O) groups excluding carboxylic acids is 2. The molecule has 9 heteroatoms. The normalized spacial score (nSPS) is 17.0. The number of para-hydroxylation sites is 2. The van der Waals surface area contributed by atoms with Crippen LogP contribution in [0.5, 0.6) is 0 Å². The second kappa shape index (κ2) is 8.40. The van der Waals surface area contributed by atoms with Crippen LogP contribution in [0.25, 0.3) is 0 Å². The summed E-state index contributed by atoms with van der Waals surface area (Å²) in [5.74, 6) is -0.197. The summed E-state index contributed by atoms with van der Waals surface area (Å²) in [6.45, 7) is 2.43. The molecule has 9 nitrogen and oxygen atoms in total. The van der Waals surface area contributed by atoms with Gasteiger partial charge < -0.3 is 15.5 Å². The van der Waals surface area contributed by atoms with Crippen LogP contribution in [0.15, 0.2) is 48.5 Å². The smallest absolute Gasteiger partial charge is 0.321 e. The highest BCUT2D eigenvalue weighted by molar-refractivity contribution is 5.95. The number of nitrogens with zero attached hydrogens (tertiary/aromatic N) is 3. The van der Waals surface area contributed by atoms with Crippen LogP contribution in [0.4, 0.5) is 27.5 Å². The van der Waals surface area contributed by atoms with Gasteiger partial charge in [-0.05, 0) is 43.2 Å². The molecule has 0 spiro atoms. The van der Waals surface area contributed by atoms with Gasteiger partial charge in [0.2, 0.25) is 5.91 Å². The predicted molar refractivity (Wildman–Crippen MR) is 114 cm³/mol. The number of nitrogens with one attached hydrogen (secondary N) is 2. The number of hydrogen-bond acceptors (Lipinski definition) is 5. The van der Waals surface area contributed by atoms with Gasteiger partial charge >= 0.3 is 6.03 Å². The Kier molecular flexibility index (Phi) is 5.51. The topological polar surface area (TPSA) is 108 Å². The van der Waals surface area contributed by atoms with Crippen LogP contribution in [0.2, 0.25) is 0 Å². The van der Waals surface area contributed by atoms with Crippen LogP contribution in [-0.2, 0) is 4.79 Å². The SMILES string of the molecule is O=C(Nc1ccc(N2CCNC2=O)cc1)C1CCN(c2ccccc2[N+](=O)[O-])CC1. The molecular formula is C21H23N5O4. The number of nitro benzene ring substituents is 1.